The first-order valence-corrected chi connectivity index (χ1v) is 8.23. The van der Waals surface area contributed by atoms with E-state index in [2.05, 4.69) is 39.0 Å². The van der Waals surface area contributed by atoms with Crippen LogP contribution in [0, 0.1) is 0 Å². The van der Waals surface area contributed by atoms with Gasteiger partial charge in [-0.25, -0.2) is 0 Å². The van der Waals surface area contributed by atoms with Crippen molar-refractivity contribution >= 4 is 16.5 Å². The molecule has 3 nitrogen and oxygen atoms in total. The summed E-state index contributed by atoms with van der Waals surface area (Å²) in [5.74, 6) is 0. The van der Waals surface area contributed by atoms with Crippen LogP contribution in [-0.2, 0) is 0 Å². The second-order valence-corrected chi connectivity index (χ2v) is 6.36. The summed E-state index contributed by atoms with van der Waals surface area (Å²) in [6.07, 6.45) is 9.31. The van der Waals surface area contributed by atoms with Crippen LogP contribution in [0.2, 0.25) is 0 Å². The summed E-state index contributed by atoms with van der Waals surface area (Å²) in [5.41, 5.74) is 1.39. The summed E-state index contributed by atoms with van der Waals surface area (Å²) in [6.45, 7) is 4.93. The molecule has 0 saturated carbocycles. The first kappa shape index (κ1) is 13.1. The molecule has 2 saturated heterocycles. The Hall–Kier alpha value is -1.61. The quantitative estimate of drug-likeness (QED) is 0.799. The predicted octanol–water partition coefficient (Wildman–Crippen LogP) is 3.30. The molecule has 0 bridgehead atoms. The Balaban J connectivity index is 1.68. The molecule has 0 aliphatic carbocycles. The molecule has 110 valence electrons. The van der Waals surface area contributed by atoms with Crippen molar-refractivity contribution in [3.05, 3.63) is 36.7 Å². The van der Waals surface area contributed by atoms with Crippen molar-refractivity contribution in [1.82, 2.24) is 9.88 Å². The van der Waals surface area contributed by atoms with Gasteiger partial charge in [0.05, 0.1) is 0 Å². The van der Waals surface area contributed by atoms with Crippen LogP contribution in [0.4, 0.5) is 5.69 Å². The van der Waals surface area contributed by atoms with E-state index in [1.807, 2.05) is 12.4 Å². The van der Waals surface area contributed by atoms with Gasteiger partial charge in [-0.3, -0.25) is 9.88 Å². The maximum absolute atomic E-state index is 4.26. The van der Waals surface area contributed by atoms with Crippen molar-refractivity contribution in [2.45, 2.75) is 31.7 Å². The van der Waals surface area contributed by atoms with E-state index in [0.29, 0.717) is 0 Å². The average molecular weight is 281 g/mol. The third kappa shape index (κ3) is 2.51. The topological polar surface area (TPSA) is 19.4 Å². The van der Waals surface area contributed by atoms with Gasteiger partial charge < -0.3 is 4.90 Å². The van der Waals surface area contributed by atoms with Gasteiger partial charge in [0.15, 0.2) is 0 Å². The molecule has 1 aromatic heterocycles. The van der Waals surface area contributed by atoms with Crippen LogP contribution in [0.5, 0.6) is 0 Å². The molecule has 0 radical (unpaired) electrons. The van der Waals surface area contributed by atoms with Gasteiger partial charge in [-0.05, 0) is 37.9 Å². The predicted molar refractivity (Wildman–Crippen MR) is 87.8 cm³/mol. The molecule has 3 heterocycles. The Morgan fingerprint density at radius 2 is 1.95 bits per heavy atom. The molecule has 1 unspecified atom stereocenters. The van der Waals surface area contributed by atoms with Crippen molar-refractivity contribution in [2.24, 2.45) is 0 Å². The van der Waals surface area contributed by atoms with Gasteiger partial charge in [0.2, 0.25) is 0 Å². The lowest BCUT2D eigenvalue weighted by Crippen LogP contribution is -2.44. The molecule has 2 fully saturated rings. The maximum Gasteiger partial charge on any atom is 0.0447 e. The summed E-state index contributed by atoms with van der Waals surface area (Å²) in [4.78, 5) is 9.58. The summed E-state index contributed by atoms with van der Waals surface area (Å²) in [5, 5.41) is 2.59. The van der Waals surface area contributed by atoms with Crippen LogP contribution in [0.15, 0.2) is 36.7 Å². The minimum atomic E-state index is 0.748. The van der Waals surface area contributed by atoms with Crippen molar-refractivity contribution in [2.75, 3.05) is 31.1 Å². The van der Waals surface area contributed by atoms with Crippen LogP contribution in [0.1, 0.15) is 25.7 Å². The molecule has 0 amide bonds. The fourth-order valence-corrected chi connectivity index (χ4v) is 3.97. The highest BCUT2D eigenvalue weighted by molar-refractivity contribution is 5.93. The van der Waals surface area contributed by atoms with Gasteiger partial charge >= 0.3 is 0 Å². The molecule has 2 aliphatic rings. The summed E-state index contributed by atoms with van der Waals surface area (Å²) >= 11 is 0. The van der Waals surface area contributed by atoms with E-state index in [9.17, 15) is 0 Å². The number of nitrogens with zero attached hydrogens (tertiary/aromatic N) is 3. The standard InChI is InChI=1S/C18H23N3/c1-2-10-20-11-4-12-21(14-16(20)6-1)18-7-3-5-15-13-19-9-8-17(15)18/h3,5,7-9,13,16H,1-2,4,6,10-12,14H2. The molecule has 1 atom stereocenters. The Bertz CT molecular complexity index is 619. The first-order chi connectivity index (χ1) is 10.4. The summed E-state index contributed by atoms with van der Waals surface area (Å²) in [7, 11) is 0. The molecule has 1 aromatic carbocycles. The zero-order chi connectivity index (χ0) is 14.1. The largest absolute Gasteiger partial charge is 0.369 e. The Morgan fingerprint density at radius 3 is 2.95 bits per heavy atom. The summed E-state index contributed by atoms with van der Waals surface area (Å²) < 4.78 is 0. The number of aromatic nitrogens is 1. The lowest BCUT2D eigenvalue weighted by molar-refractivity contribution is 0.162. The Labute approximate surface area is 126 Å². The van der Waals surface area contributed by atoms with E-state index >= 15 is 0 Å². The molecular weight excluding hydrogens is 258 g/mol. The minimum absolute atomic E-state index is 0.748. The number of anilines is 1. The smallest absolute Gasteiger partial charge is 0.0447 e. The number of pyridine rings is 1. The molecular formula is C18H23N3. The maximum atomic E-state index is 4.26. The van der Waals surface area contributed by atoms with Gasteiger partial charge in [-0.15, -0.1) is 0 Å². The Kier molecular flexibility index (Phi) is 3.52. The summed E-state index contributed by atoms with van der Waals surface area (Å²) in [6, 6.07) is 9.52. The number of fused-ring (bicyclic) bond motifs is 2. The lowest BCUT2D eigenvalue weighted by Gasteiger charge is -2.36. The second-order valence-electron chi connectivity index (χ2n) is 6.36. The van der Waals surface area contributed by atoms with Gasteiger partial charge in [-0.2, -0.15) is 0 Å². The third-order valence-corrected chi connectivity index (χ3v) is 5.05. The van der Waals surface area contributed by atoms with Crippen LogP contribution in [0.3, 0.4) is 0 Å². The van der Waals surface area contributed by atoms with Gasteiger partial charge in [0.25, 0.3) is 0 Å². The highest BCUT2D eigenvalue weighted by Crippen LogP contribution is 2.29. The van der Waals surface area contributed by atoms with Crippen molar-refractivity contribution < 1.29 is 0 Å². The van der Waals surface area contributed by atoms with Crippen LogP contribution >= 0.6 is 0 Å². The van der Waals surface area contributed by atoms with E-state index in [0.717, 1.165) is 6.04 Å². The first-order valence-electron chi connectivity index (χ1n) is 8.23. The third-order valence-electron chi connectivity index (χ3n) is 5.05. The van der Waals surface area contributed by atoms with Crippen molar-refractivity contribution in [3.8, 4) is 0 Å². The van der Waals surface area contributed by atoms with Crippen LogP contribution < -0.4 is 4.90 Å². The van der Waals surface area contributed by atoms with E-state index in [-0.39, 0.29) is 0 Å². The highest BCUT2D eigenvalue weighted by Gasteiger charge is 2.27. The molecule has 0 N–H and O–H groups in total. The van der Waals surface area contributed by atoms with Crippen LogP contribution in [-0.4, -0.2) is 42.1 Å². The lowest BCUT2D eigenvalue weighted by atomic mass is 10.0. The van der Waals surface area contributed by atoms with Gasteiger partial charge in [-0.1, -0.05) is 18.6 Å². The number of benzene rings is 1. The minimum Gasteiger partial charge on any atom is -0.369 e. The zero-order valence-electron chi connectivity index (χ0n) is 12.5. The number of hydrogen-bond acceptors (Lipinski definition) is 3. The second kappa shape index (κ2) is 5.64. The van der Waals surface area contributed by atoms with E-state index in [1.165, 1.54) is 68.3 Å². The van der Waals surface area contributed by atoms with Crippen LogP contribution in [0.25, 0.3) is 10.8 Å². The zero-order valence-corrected chi connectivity index (χ0v) is 12.5. The van der Waals surface area contributed by atoms with Crippen molar-refractivity contribution in [3.63, 3.8) is 0 Å². The normalized spacial score (nSPS) is 23.8. The fourth-order valence-electron chi connectivity index (χ4n) is 3.97. The van der Waals surface area contributed by atoms with E-state index in [4.69, 9.17) is 0 Å². The van der Waals surface area contributed by atoms with Gasteiger partial charge in [0, 0.05) is 54.5 Å². The number of piperidine rings is 1. The molecule has 2 aliphatic heterocycles. The molecule has 4 rings (SSSR count). The number of rotatable bonds is 1. The fraction of sp³-hybridized carbons (Fsp3) is 0.500. The molecule has 21 heavy (non-hydrogen) atoms. The Morgan fingerprint density at radius 1 is 1.00 bits per heavy atom. The van der Waals surface area contributed by atoms with Gasteiger partial charge in [0.1, 0.15) is 0 Å². The SMILES string of the molecule is c1cc(N2CCCN3CCCCC3C2)c2ccncc2c1. The molecule has 3 heteroatoms. The molecule has 0 spiro atoms. The number of hydrogen-bond donors (Lipinski definition) is 0. The monoisotopic (exact) mass is 281 g/mol. The molecule has 2 aromatic rings. The van der Waals surface area contributed by atoms with E-state index < -0.39 is 0 Å². The average Bonchev–Trinajstić information content (AvgIpc) is 2.76. The van der Waals surface area contributed by atoms with Crippen molar-refractivity contribution in [1.29, 1.82) is 0 Å². The highest BCUT2D eigenvalue weighted by atomic mass is 15.2. The van der Waals surface area contributed by atoms with E-state index in [1.54, 1.807) is 0 Å².